The fraction of sp³-hybridized carbons (Fsp3) is 0.500. The van der Waals surface area contributed by atoms with Crippen molar-refractivity contribution in [2.24, 2.45) is 0 Å². The molecule has 1 atom stereocenters. The van der Waals surface area contributed by atoms with Crippen molar-refractivity contribution < 1.29 is 19.4 Å². The van der Waals surface area contributed by atoms with Crippen LogP contribution in [-0.4, -0.2) is 40.6 Å². The molecule has 0 bridgehead atoms. The van der Waals surface area contributed by atoms with Crippen LogP contribution in [-0.2, 0) is 16.0 Å². The molecule has 0 saturated carbocycles. The van der Waals surface area contributed by atoms with E-state index in [1.54, 1.807) is 6.92 Å². The largest absolute Gasteiger partial charge is 0.484 e. The summed E-state index contributed by atoms with van der Waals surface area (Å²) in [7, 11) is 0. The molecule has 1 amide bonds. The summed E-state index contributed by atoms with van der Waals surface area (Å²) in [6.07, 6.45) is 2.14. The molecule has 1 heterocycles. The van der Waals surface area contributed by atoms with Crippen molar-refractivity contribution in [3.63, 3.8) is 0 Å². The Balaban J connectivity index is 1.96. The number of carboxylic acids is 1. The molecule has 1 aromatic carbocycles. The molecular weight excluding hydrogens is 270 g/mol. The van der Waals surface area contributed by atoms with Gasteiger partial charge in [-0.1, -0.05) is 19.1 Å². The number of carbonyl (C=O) groups excluding carboxylic acids is 1. The fourth-order valence-corrected chi connectivity index (χ4v) is 2.63. The molecule has 0 aliphatic carbocycles. The highest BCUT2D eigenvalue weighted by atomic mass is 16.5. The van der Waals surface area contributed by atoms with E-state index in [1.165, 1.54) is 10.5 Å². The summed E-state index contributed by atoms with van der Waals surface area (Å²) < 4.78 is 5.47. The Labute approximate surface area is 124 Å². The van der Waals surface area contributed by atoms with Crippen LogP contribution in [0.15, 0.2) is 24.3 Å². The zero-order valence-electron chi connectivity index (χ0n) is 12.5. The molecule has 0 spiro atoms. The van der Waals surface area contributed by atoms with Gasteiger partial charge in [-0.2, -0.15) is 0 Å². The van der Waals surface area contributed by atoms with Gasteiger partial charge < -0.3 is 14.7 Å². The molecule has 1 unspecified atom stereocenters. The maximum Gasteiger partial charge on any atom is 0.329 e. The number of amides is 1. The van der Waals surface area contributed by atoms with E-state index in [9.17, 15) is 14.7 Å². The Morgan fingerprint density at radius 3 is 2.57 bits per heavy atom. The molecule has 0 radical (unpaired) electrons. The first-order chi connectivity index (χ1) is 9.97. The van der Waals surface area contributed by atoms with Gasteiger partial charge in [0, 0.05) is 6.54 Å². The van der Waals surface area contributed by atoms with Crippen molar-refractivity contribution >= 4 is 11.9 Å². The van der Waals surface area contributed by atoms with E-state index in [4.69, 9.17) is 4.74 Å². The number of hydrogen-bond acceptors (Lipinski definition) is 3. The fourth-order valence-electron chi connectivity index (χ4n) is 2.63. The lowest BCUT2D eigenvalue weighted by Gasteiger charge is -2.31. The third-order valence-corrected chi connectivity index (χ3v) is 4.10. The molecule has 1 aliphatic rings. The first-order valence-corrected chi connectivity index (χ1v) is 7.23. The number of benzene rings is 1. The van der Waals surface area contributed by atoms with Gasteiger partial charge in [-0.25, -0.2) is 4.79 Å². The number of nitrogens with zero attached hydrogens (tertiary/aromatic N) is 1. The standard InChI is InChI=1S/C16H21NO4/c1-3-12-5-7-13(8-6-12)21-11-14(18)17-10-4-9-16(17,2)15(19)20/h5-8H,3-4,9-11H2,1-2H3,(H,19,20). The molecule has 21 heavy (non-hydrogen) atoms. The highest BCUT2D eigenvalue weighted by Gasteiger charge is 2.45. The van der Waals surface area contributed by atoms with E-state index in [-0.39, 0.29) is 12.5 Å². The number of ether oxygens (including phenoxy) is 1. The van der Waals surface area contributed by atoms with Crippen LogP contribution >= 0.6 is 0 Å². The van der Waals surface area contributed by atoms with Gasteiger partial charge in [-0.3, -0.25) is 4.79 Å². The van der Waals surface area contributed by atoms with Gasteiger partial charge in [0.25, 0.3) is 5.91 Å². The minimum absolute atomic E-state index is 0.131. The van der Waals surface area contributed by atoms with Crippen molar-refractivity contribution in [2.75, 3.05) is 13.2 Å². The summed E-state index contributed by atoms with van der Waals surface area (Å²) in [5.41, 5.74) is 0.0960. The zero-order chi connectivity index (χ0) is 15.5. The number of carboxylic acid groups (broad SMARTS) is 1. The lowest BCUT2D eigenvalue weighted by molar-refractivity contribution is -0.156. The lowest BCUT2D eigenvalue weighted by atomic mass is 9.99. The van der Waals surface area contributed by atoms with Crippen LogP contribution in [0.4, 0.5) is 0 Å². The number of aliphatic carboxylic acids is 1. The number of rotatable bonds is 5. The summed E-state index contributed by atoms with van der Waals surface area (Å²) in [5.74, 6) is -0.616. The predicted octanol–water partition coefficient (Wildman–Crippen LogP) is 2.09. The summed E-state index contributed by atoms with van der Waals surface area (Å²) in [5, 5.41) is 9.30. The first kappa shape index (κ1) is 15.4. The van der Waals surface area contributed by atoms with Gasteiger partial charge in [0.1, 0.15) is 11.3 Å². The molecule has 5 nitrogen and oxygen atoms in total. The Kier molecular flexibility index (Phi) is 4.50. The van der Waals surface area contributed by atoms with Crippen LogP contribution in [0.5, 0.6) is 5.75 Å². The Morgan fingerprint density at radius 2 is 2.00 bits per heavy atom. The molecule has 1 aromatic rings. The summed E-state index contributed by atoms with van der Waals surface area (Å²) in [6.45, 7) is 4.00. The second-order valence-electron chi connectivity index (χ2n) is 5.51. The van der Waals surface area contributed by atoms with Gasteiger partial charge in [0.05, 0.1) is 0 Å². The Bertz CT molecular complexity index is 526. The van der Waals surface area contributed by atoms with E-state index < -0.39 is 11.5 Å². The van der Waals surface area contributed by atoms with Crippen LogP contribution in [0.3, 0.4) is 0 Å². The second-order valence-corrected chi connectivity index (χ2v) is 5.51. The maximum absolute atomic E-state index is 12.2. The minimum Gasteiger partial charge on any atom is -0.484 e. The average Bonchev–Trinajstić information content (AvgIpc) is 2.89. The summed E-state index contributed by atoms with van der Waals surface area (Å²) in [6, 6.07) is 7.56. The second kappa shape index (κ2) is 6.16. The molecule has 114 valence electrons. The SMILES string of the molecule is CCc1ccc(OCC(=O)N2CCCC2(C)C(=O)O)cc1. The van der Waals surface area contributed by atoms with Gasteiger partial charge in [-0.15, -0.1) is 0 Å². The molecule has 2 rings (SSSR count). The van der Waals surface area contributed by atoms with Crippen molar-refractivity contribution in [1.82, 2.24) is 4.90 Å². The van der Waals surface area contributed by atoms with E-state index in [1.807, 2.05) is 24.3 Å². The predicted molar refractivity (Wildman–Crippen MR) is 78.3 cm³/mol. The summed E-state index contributed by atoms with van der Waals surface area (Å²) in [4.78, 5) is 25.0. The topological polar surface area (TPSA) is 66.8 Å². The number of aryl methyl sites for hydroxylation is 1. The van der Waals surface area contributed by atoms with E-state index in [0.717, 1.165) is 6.42 Å². The Hall–Kier alpha value is -2.04. The van der Waals surface area contributed by atoms with Crippen LogP contribution in [0.2, 0.25) is 0 Å². The van der Waals surface area contributed by atoms with E-state index >= 15 is 0 Å². The molecule has 1 saturated heterocycles. The van der Waals surface area contributed by atoms with Crippen LogP contribution in [0.25, 0.3) is 0 Å². The first-order valence-electron chi connectivity index (χ1n) is 7.23. The third-order valence-electron chi connectivity index (χ3n) is 4.10. The minimum atomic E-state index is -1.10. The summed E-state index contributed by atoms with van der Waals surface area (Å²) >= 11 is 0. The number of carbonyl (C=O) groups is 2. The highest BCUT2D eigenvalue weighted by molar-refractivity contribution is 5.88. The monoisotopic (exact) mass is 291 g/mol. The maximum atomic E-state index is 12.2. The van der Waals surface area contributed by atoms with Crippen molar-refractivity contribution in [3.05, 3.63) is 29.8 Å². The zero-order valence-corrected chi connectivity index (χ0v) is 12.5. The van der Waals surface area contributed by atoms with Crippen LogP contribution in [0, 0.1) is 0 Å². The van der Waals surface area contributed by atoms with Gasteiger partial charge >= 0.3 is 5.97 Å². The molecule has 5 heteroatoms. The number of hydrogen-bond donors (Lipinski definition) is 1. The van der Waals surface area contributed by atoms with E-state index in [2.05, 4.69) is 6.92 Å². The molecular formula is C16H21NO4. The third kappa shape index (κ3) is 3.17. The van der Waals surface area contributed by atoms with Crippen LogP contribution < -0.4 is 4.74 Å². The van der Waals surface area contributed by atoms with Crippen molar-refractivity contribution in [3.8, 4) is 5.75 Å². The van der Waals surface area contributed by atoms with Crippen molar-refractivity contribution in [1.29, 1.82) is 0 Å². The normalized spacial score (nSPS) is 21.3. The van der Waals surface area contributed by atoms with Gasteiger partial charge in [-0.05, 0) is 43.9 Å². The van der Waals surface area contributed by atoms with E-state index in [0.29, 0.717) is 25.1 Å². The average molecular weight is 291 g/mol. The molecule has 1 aliphatic heterocycles. The molecule has 1 N–H and O–H groups in total. The molecule has 0 aromatic heterocycles. The smallest absolute Gasteiger partial charge is 0.329 e. The highest BCUT2D eigenvalue weighted by Crippen LogP contribution is 2.29. The van der Waals surface area contributed by atoms with Gasteiger partial charge in [0.15, 0.2) is 6.61 Å². The number of likely N-dealkylation sites (tertiary alicyclic amines) is 1. The Morgan fingerprint density at radius 1 is 1.33 bits per heavy atom. The molecule has 1 fully saturated rings. The lowest BCUT2D eigenvalue weighted by Crippen LogP contribution is -2.52. The van der Waals surface area contributed by atoms with Gasteiger partial charge in [0.2, 0.25) is 0 Å². The van der Waals surface area contributed by atoms with Crippen molar-refractivity contribution in [2.45, 2.75) is 38.6 Å². The van der Waals surface area contributed by atoms with Crippen LogP contribution in [0.1, 0.15) is 32.3 Å². The quantitative estimate of drug-likeness (QED) is 0.902.